The van der Waals surface area contributed by atoms with Gasteiger partial charge < -0.3 is 24.5 Å². The van der Waals surface area contributed by atoms with Gasteiger partial charge in [0.2, 0.25) is 17.2 Å². The molecule has 7 heteroatoms. The Kier molecular flexibility index (Phi) is 6.58. The summed E-state index contributed by atoms with van der Waals surface area (Å²) < 4.78 is 16.0. The van der Waals surface area contributed by atoms with Crippen molar-refractivity contribution in [3.8, 4) is 17.2 Å². The summed E-state index contributed by atoms with van der Waals surface area (Å²) in [5, 5.41) is 3.77. The van der Waals surface area contributed by atoms with Gasteiger partial charge in [0.05, 0.1) is 26.8 Å². The van der Waals surface area contributed by atoms with Crippen molar-refractivity contribution in [1.29, 1.82) is 0 Å². The molecule has 0 bridgehead atoms. The fourth-order valence-corrected chi connectivity index (χ4v) is 3.51. The van der Waals surface area contributed by atoms with Crippen molar-refractivity contribution < 1.29 is 19.0 Å². The summed E-state index contributed by atoms with van der Waals surface area (Å²) >= 11 is 0. The van der Waals surface area contributed by atoms with E-state index in [1.54, 1.807) is 30.3 Å². The summed E-state index contributed by atoms with van der Waals surface area (Å²) in [7, 11) is 4.60. The Morgan fingerprint density at radius 2 is 1.62 bits per heavy atom. The smallest absolute Gasteiger partial charge is 0.248 e. The number of carbonyl (C=O) groups excluding carboxylic acids is 1. The third-order valence-electron chi connectivity index (χ3n) is 5.03. The number of carbonyl (C=O) groups is 1. The first kappa shape index (κ1) is 22.9. The summed E-state index contributed by atoms with van der Waals surface area (Å²) in [6, 6.07) is 10.6. The molecule has 2 aromatic carbocycles. The Hall–Kier alpha value is -3.74. The number of ether oxygens (including phenoxy) is 3. The molecular formula is C25H28N2O5. The van der Waals surface area contributed by atoms with Gasteiger partial charge in [0, 0.05) is 23.2 Å². The SMILES string of the molecule is COc1cc(/C=C/C(=O)Nc2ccc3c(C(C)(C)C)cc(=O)[nH]c3c2)cc(OC)c1OC. The lowest BCUT2D eigenvalue weighted by atomic mass is 9.85. The summed E-state index contributed by atoms with van der Waals surface area (Å²) in [5.41, 5.74) is 2.57. The number of fused-ring (bicyclic) bond motifs is 1. The number of methoxy groups -OCH3 is 3. The van der Waals surface area contributed by atoms with Gasteiger partial charge in [0.1, 0.15) is 0 Å². The largest absolute Gasteiger partial charge is 0.493 e. The zero-order valence-electron chi connectivity index (χ0n) is 19.2. The fourth-order valence-electron chi connectivity index (χ4n) is 3.51. The first-order chi connectivity index (χ1) is 15.2. The highest BCUT2D eigenvalue weighted by Crippen LogP contribution is 2.38. The van der Waals surface area contributed by atoms with Crippen molar-refractivity contribution in [1.82, 2.24) is 4.98 Å². The molecule has 7 nitrogen and oxygen atoms in total. The third kappa shape index (κ3) is 4.94. The van der Waals surface area contributed by atoms with E-state index in [1.807, 2.05) is 12.1 Å². The molecule has 1 aromatic heterocycles. The van der Waals surface area contributed by atoms with E-state index in [9.17, 15) is 9.59 Å². The molecule has 0 unspecified atom stereocenters. The van der Waals surface area contributed by atoms with Crippen LogP contribution in [0.3, 0.4) is 0 Å². The summed E-state index contributed by atoms with van der Waals surface area (Å²) in [4.78, 5) is 27.4. The van der Waals surface area contributed by atoms with E-state index in [2.05, 4.69) is 31.1 Å². The summed E-state index contributed by atoms with van der Waals surface area (Å²) in [5.74, 6) is 1.17. The van der Waals surface area contributed by atoms with Crippen LogP contribution in [0, 0.1) is 0 Å². The van der Waals surface area contributed by atoms with Crippen LogP contribution in [-0.4, -0.2) is 32.2 Å². The molecular weight excluding hydrogens is 408 g/mol. The van der Waals surface area contributed by atoms with E-state index in [0.29, 0.717) is 34.0 Å². The monoisotopic (exact) mass is 436 g/mol. The van der Waals surface area contributed by atoms with Crippen LogP contribution in [0.25, 0.3) is 17.0 Å². The second-order valence-corrected chi connectivity index (χ2v) is 8.34. The molecule has 0 fully saturated rings. The maximum Gasteiger partial charge on any atom is 0.248 e. The lowest BCUT2D eigenvalue weighted by molar-refractivity contribution is -0.111. The third-order valence-corrected chi connectivity index (χ3v) is 5.03. The molecule has 168 valence electrons. The number of hydrogen-bond donors (Lipinski definition) is 2. The number of rotatable bonds is 6. The molecule has 0 saturated carbocycles. The van der Waals surface area contributed by atoms with E-state index in [4.69, 9.17) is 14.2 Å². The number of pyridine rings is 1. The van der Waals surface area contributed by atoms with Crippen molar-refractivity contribution in [2.24, 2.45) is 0 Å². The molecule has 32 heavy (non-hydrogen) atoms. The number of H-pyrrole nitrogens is 1. The van der Waals surface area contributed by atoms with Crippen LogP contribution in [0.15, 0.2) is 47.3 Å². The van der Waals surface area contributed by atoms with Gasteiger partial charge in [0.25, 0.3) is 0 Å². The highest BCUT2D eigenvalue weighted by atomic mass is 16.5. The predicted octanol–water partition coefficient (Wildman–Crippen LogP) is 4.50. The Morgan fingerprint density at radius 3 is 2.19 bits per heavy atom. The standard InChI is InChI=1S/C25H28N2O5/c1-25(2,3)18-14-23(29)27-19-13-16(8-9-17(18)19)26-22(28)10-7-15-11-20(30-4)24(32-6)21(12-15)31-5/h7-14H,1-6H3,(H,26,28)(H,27,29)/b10-7+. The second-order valence-electron chi connectivity index (χ2n) is 8.34. The minimum absolute atomic E-state index is 0.173. The van der Waals surface area contributed by atoms with Gasteiger partial charge in [-0.3, -0.25) is 9.59 Å². The van der Waals surface area contributed by atoms with E-state index >= 15 is 0 Å². The van der Waals surface area contributed by atoms with E-state index in [-0.39, 0.29) is 16.9 Å². The zero-order valence-corrected chi connectivity index (χ0v) is 19.2. The maximum atomic E-state index is 12.5. The minimum Gasteiger partial charge on any atom is -0.493 e. The second kappa shape index (κ2) is 9.18. The molecule has 0 atom stereocenters. The van der Waals surface area contributed by atoms with Crippen LogP contribution < -0.4 is 25.1 Å². The van der Waals surface area contributed by atoms with E-state index in [1.165, 1.54) is 27.4 Å². The molecule has 0 spiro atoms. The first-order valence-corrected chi connectivity index (χ1v) is 10.1. The van der Waals surface area contributed by atoms with Gasteiger partial charge in [-0.1, -0.05) is 26.8 Å². The molecule has 2 N–H and O–H groups in total. The number of amides is 1. The average Bonchev–Trinajstić information content (AvgIpc) is 2.75. The summed E-state index contributed by atoms with van der Waals surface area (Å²) in [6.45, 7) is 6.18. The van der Waals surface area contributed by atoms with E-state index in [0.717, 1.165) is 10.9 Å². The van der Waals surface area contributed by atoms with Gasteiger partial charge in [-0.05, 0) is 46.9 Å². The van der Waals surface area contributed by atoms with Crippen molar-refractivity contribution in [2.45, 2.75) is 26.2 Å². The molecule has 0 aliphatic carbocycles. The van der Waals surface area contributed by atoms with Crippen LogP contribution >= 0.6 is 0 Å². The first-order valence-electron chi connectivity index (χ1n) is 10.1. The summed E-state index contributed by atoms with van der Waals surface area (Å²) in [6.07, 6.45) is 3.07. The van der Waals surface area contributed by atoms with Crippen molar-refractivity contribution in [3.05, 3.63) is 64.0 Å². The molecule has 3 rings (SSSR count). The number of hydrogen-bond acceptors (Lipinski definition) is 5. The molecule has 0 aliphatic rings. The van der Waals surface area contributed by atoms with Crippen LogP contribution in [0.4, 0.5) is 5.69 Å². The zero-order chi connectivity index (χ0) is 23.5. The van der Waals surface area contributed by atoms with Crippen LogP contribution in [0.2, 0.25) is 0 Å². The van der Waals surface area contributed by atoms with Gasteiger partial charge >= 0.3 is 0 Å². The number of nitrogens with one attached hydrogen (secondary N) is 2. The highest BCUT2D eigenvalue weighted by molar-refractivity contribution is 6.03. The average molecular weight is 437 g/mol. The van der Waals surface area contributed by atoms with Crippen LogP contribution in [-0.2, 0) is 10.2 Å². The van der Waals surface area contributed by atoms with E-state index < -0.39 is 0 Å². The molecule has 1 amide bonds. The molecule has 0 radical (unpaired) electrons. The molecule has 3 aromatic rings. The predicted molar refractivity (Wildman–Crippen MR) is 127 cm³/mol. The Labute approximate surface area is 187 Å². The Morgan fingerprint density at radius 1 is 0.969 bits per heavy atom. The topological polar surface area (TPSA) is 89.7 Å². The number of benzene rings is 2. The quantitative estimate of drug-likeness (QED) is 0.555. The van der Waals surface area contributed by atoms with Crippen LogP contribution in [0.1, 0.15) is 31.9 Å². The fraction of sp³-hybridized carbons (Fsp3) is 0.280. The molecule has 0 aliphatic heterocycles. The van der Waals surface area contributed by atoms with Gasteiger partial charge in [-0.15, -0.1) is 0 Å². The van der Waals surface area contributed by atoms with Gasteiger partial charge in [0.15, 0.2) is 11.5 Å². The van der Waals surface area contributed by atoms with Crippen molar-refractivity contribution in [2.75, 3.05) is 26.6 Å². The highest BCUT2D eigenvalue weighted by Gasteiger charge is 2.18. The van der Waals surface area contributed by atoms with Crippen molar-refractivity contribution >= 4 is 28.6 Å². The molecule has 0 saturated heterocycles. The van der Waals surface area contributed by atoms with Gasteiger partial charge in [-0.2, -0.15) is 0 Å². The lowest BCUT2D eigenvalue weighted by Crippen LogP contribution is -2.17. The Bertz CT molecular complexity index is 1210. The lowest BCUT2D eigenvalue weighted by Gasteiger charge is -2.21. The van der Waals surface area contributed by atoms with Gasteiger partial charge in [-0.25, -0.2) is 0 Å². The normalized spacial score (nSPS) is 11.6. The number of aromatic nitrogens is 1. The number of aromatic amines is 1. The Balaban J connectivity index is 1.85. The number of anilines is 1. The molecule has 1 heterocycles. The van der Waals surface area contributed by atoms with Crippen molar-refractivity contribution in [3.63, 3.8) is 0 Å². The minimum atomic E-state index is -0.313. The van der Waals surface area contributed by atoms with Crippen LogP contribution in [0.5, 0.6) is 17.2 Å². The maximum absolute atomic E-state index is 12.5.